The molecule has 0 spiro atoms. The van der Waals surface area contributed by atoms with Crippen molar-refractivity contribution in [2.24, 2.45) is 0 Å². The molecule has 20 heavy (non-hydrogen) atoms. The molecule has 2 N–H and O–H groups in total. The van der Waals surface area contributed by atoms with Gasteiger partial charge in [0.15, 0.2) is 5.82 Å². The zero-order valence-corrected chi connectivity index (χ0v) is 12.0. The molecule has 0 aliphatic heterocycles. The normalized spacial score (nSPS) is 11.9. The van der Waals surface area contributed by atoms with Crippen molar-refractivity contribution >= 4 is 29.0 Å². The molecule has 1 atom stereocenters. The van der Waals surface area contributed by atoms with Crippen molar-refractivity contribution in [1.29, 1.82) is 0 Å². The van der Waals surface area contributed by atoms with Crippen molar-refractivity contribution in [1.82, 2.24) is 10.2 Å². The number of aromatic amines is 1. The Morgan fingerprint density at radius 3 is 3.00 bits per heavy atom. The third-order valence-electron chi connectivity index (χ3n) is 2.69. The number of nitrogens with one attached hydrogen (secondary N) is 2. The maximum atomic E-state index is 12.0. The third-order valence-corrected chi connectivity index (χ3v) is 3.74. The van der Waals surface area contributed by atoms with Crippen LogP contribution < -0.4 is 5.32 Å². The van der Waals surface area contributed by atoms with Crippen LogP contribution in [0.25, 0.3) is 0 Å². The molecule has 1 amide bonds. The summed E-state index contributed by atoms with van der Waals surface area (Å²) in [6, 6.07) is 5.26. The second kappa shape index (κ2) is 6.33. The zero-order valence-electron chi connectivity index (χ0n) is 11.2. The number of thiophene rings is 1. The average molecular weight is 293 g/mol. The van der Waals surface area contributed by atoms with Crippen LogP contribution in [0.15, 0.2) is 23.6 Å². The van der Waals surface area contributed by atoms with E-state index in [2.05, 4.69) is 15.5 Å². The molecule has 0 aliphatic carbocycles. The van der Waals surface area contributed by atoms with Gasteiger partial charge in [-0.05, 0) is 25.3 Å². The number of aromatic nitrogens is 2. The van der Waals surface area contributed by atoms with Gasteiger partial charge in [-0.25, -0.2) is 4.79 Å². The molecule has 0 bridgehead atoms. The molecule has 2 aromatic rings. The molecule has 0 saturated heterocycles. The van der Waals surface area contributed by atoms with Crippen LogP contribution in [-0.4, -0.2) is 28.7 Å². The monoisotopic (exact) mass is 293 g/mol. The van der Waals surface area contributed by atoms with Gasteiger partial charge < -0.3 is 10.1 Å². The molecule has 2 rings (SSSR count). The molecule has 0 fully saturated rings. The summed E-state index contributed by atoms with van der Waals surface area (Å²) in [5.74, 6) is -0.625. The van der Waals surface area contributed by atoms with E-state index in [9.17, 15) is 9.59 Å². The minimum atomic E-state index is -0.494. The lowest BCUT2D eigenvalue weighted by atomic mass is 10.1. The number of carbonyl (C=O) groups excluding carboxylic acids is 2. The highest BCUT2D eigenvalue weighted by Crippen LogP contribution is 2.22. The molecule has 106 valence electrons. The summed E-state index contributed by atoms with van der Waals surface area (Å²) in [6.45, 7) is 3.83. The Morgan fingerprint density at radius 1 is 1.55 bits per heavy atom. The Balaban J connectivity index is 2.00. The minimum Gasteiger partial charge on any atom is -0.461 e. The topological polar surface area (TPSA) is 84.1 Å². The highest BCUT2D eigenvalue weighted by Gasteiger charge is 2.18. The maximum Gasteiger partial charge on any atom is 0.356 e. The number of esters is 1. The number of anilines is 1. The van der Waals surface area contributed by atoms with Gasteiger partial charge in [-0.2, -0.15) is 5.10 Å². The Hall–Kier alpha value is -2.15. The van der Waals surface area contributed by atoms with Crippen molar-refractivity contribution in [3.05, 3.63) is 34.2 Å². The predicted octanol–water partition coefficient (Wildman–Crippen LogP) is 2.39. The number of amides is 1. The van der Waals surface area contributed by atoms with Crippen molar-refractivity contribution < 1.29 is 14.3 Å². The summed E-state index contributed by atoms with van der Waals surface area (Å²) in [6.07, 6.45) is 0. The fraction of sp³-hybridized carbons (Fsp3) is 0.308. The largest absolute Gasteiger partial charge is 0.461 e. The molecule has 6 nitrogen and oxygen atoms in total. The first-order valence-corrected chi connectivity index (χ1v) is 7.06. The van der Waals surface area contributed by atoms with Crippen LogP contribution in [0, 0.1) is 0 Å². The minimum absolute atomic E-state index is 0.172. The summed E-state index contributed by atoms with van der Waals surface area (Å²) >= 11 is 1.52. The second-order valence-corrected chi connectivity index (χ2v) is 5.09. The SMILES string of the molecule is CCOC(=O)c1cc(NC(=O)[C@H](C)c2cccs2)n[nH]1. The quantitative estimate of drug-likeness (QED) is 0.829. The zero-order chi connectivity index (χ0) is 14.5. The van der Waals surface area contributed by atoms with Crippen LogP contribution in [0.1, 0.15) is 35.1 Å². The molecule has 2 heterocycles. The van der Waals surface area contributed by atoms with Crippen molar-refractivity contribution in [3.63, 3.8) is 0 Å². The Bertz CT molecular complexity index is 592. The molecule has 2 aromatic heterocycles. The molecular formula is C13H15N3O3S. The van der Waals surface area contributed by atoms with E-state index in [1.54, 1.807) is 6.92 Å². The van der Waals surface area contributed by atoms with Gasteiger partial charge in [-0.1, -0.05) is 6.07 Å². The molecule has 0 aliphatic rings. The lowest BCUT2D eigenvalue weighted by Crippen LogP contribution is -2.18. The smallest absolute Gasteiger partial charge is 0.356 e. The summed E-state index contributed by atoms with van der Waals surface area (Å²) in [5, 5.41) is 11.0. The lowest BCUT2D eigenvalue weighted by Gasteiger charge is -2.08. The molecule has 0 unspecified atom stereocenters. The lowest BCUT2D eigenvalue weighted by molar-refractivity contribution is -0.117. The molecule has 0 aromatic carbocycles. The summed E-state index contributed by atoms with van der Waals surface area (Å²) in [4.78, 5) is 24.5. The van der Waals surface area contributed by atoms with Gasteiger partial charge in [0.05, 0.1) is 12.5 Å². The van der Waals surface area contributed by atoms with E-state index in [0.717, 1.165) is 4.88 Å². The maximum absolute atomic E-state index is 12.0. The van der Waals surface area contributed by atoms with Gasteiger partial charge in [-0.15, -0.1) is 11.3 Å². The fourth-order valence-corrected chi connectivity index (χ4v) is 2.38. The first kappa shape index (κ1) is 14.3. The molecule has 0 saturated carbocycles. The van der Waals surface area contributed by atoms with Crippen LogP contribution in [0.3, 0.4) is 0 Å². The standard InChI is InChI=1S/C13H15N3O3S/c1-3-19-13(18)9-7-11(16-15-9)14-12(17)8(2)10-5-4-6-20-10/h4-8H,3H2,1-2H3,(H2,14,15,16,17)/t8-/m1/s1. The van der Waals surface area contributed by atoms with Gasteiger partial charge in [0.2, 0.25) is 5.91 Å². The highest BCUT2D eigenvalue weighted by molar-refractivity contribution is 7.10. The van der Waals surface area contributed by atoms with E-state index >= 15 is 0 Å². The van der Waals surface area contributed by atoms with Crippen LogP contribution in [0.4, 0.5) is 5.82 Å². The number of H-pyrrole nitrogens is 1. The Labute approximate surface area is 120 Å². The number of hydrogen-bond donors (Lipinski definition) is 2. The second-order valence-electron chi connectivity index (χ2n) is 4.11. The van der Waals surface area contributed by atoms with Gasteiger partial charge in [-0.3, -0.25) is 9.89 Å². The van der Waals surface area contributed by atoms with Crippen LogP contribution in [0.5, 0.6) is 0 Å². The third kappa shape index (κ3) is 3.24. The number of nitrogens with zero attached hydrogens (tertiary/aromatic N) is 1. The number of hydrogen-bond acceptors (Lipinski definition) is 5. The Morgan fingerprint density at radius 2 is 2.35 bits per heavy atom. The van der Waals surface area contributed by atoms with Crippen LogP contribution >= 0.6 is 11.3 Å². The summed E-state index contributed by atoms with van der Waals surface area (Å²) in [5.41, 5.74) is 0.214. The van der Waals surface area contributed by atoms with E-state index in [1.807, 2.05) is 24.4 Å². The average Bonchev–Trinajstić information content (AvgIpc) is 3.09. The van der Waals surface area contributed by atoms with Gasteiger partial charge in [0.1, 0.15) is 5.69 Å². The van der Waals surface area contributed by atoms with E-state index in [-0.39, 0.29) is 24.1 Å². The van der Waals surface area contributed by atoms with Crippen LogP contribution in [0.2, 0.25) is 0 Å². The Kier molecular flexibility index (Phi) is 4.52. The van der Waals surface area contributed by atoms with E-state index < -0.39 is 5.97 Å². The summed E-state index contributed by atoms with van der Waals surface area (Å²) < 4.78 is 4.83. The first-order chi connectivity index (χ1) is 9.61. The van der Waals surface area contributed by atoms with Crippen molar-refractivity contribution in [3.8, 4) is 0 Å². The molecule has 7 heteroatoms. The predicted molar refractivity (Wildman–Crippen MR) is 75.9 cm³/mol. The van der Waals surface area contributed by atoms with Gasteiger partial charge in [0.25, 0.3) is 0 Å². The number of ether oxygens (including phenoxy) is 1. The molecule has 0 radical (unpaired) electrons. The summed E-state index contributed by atoms with van der Waals surface area (Å²) in [7, 11) is 0. The van der Waals surface area contributed by atoms with Crippen molar-refractivity contribution in [2.75, 3.05) is 11.9 Å². The highest BCUT2D eigenvalue weighted by atomic mass is 32.1. The van der Waals surface area contributed by atoms with Crippen LogP contribution in [-0.2, 0) is 9.53 Å². The number of rotatable bonds is 5. The van der Waals surface area contributed by atoms with Gasteiger partial charge in [0, 0.05) is 10.9 Å². The number of carbonyl (C=O) groups is 2. The van der Waals surface area contributed by atoms with Gasteiger partial charge >= 0.3 is 5.97 Å². The first-order valence-electron chi connectivity index (χ1n) is 6.18. The van der Waals surface area contributed by atoms with E-state index in [4.69, 9.17) is 4.74 Å². The van der Waals surface area contributed by atoms with E-state index in [0.29, 0.717) is 5.82 Å². The van der Waals surface area contributed by atoms with E-state index in [1.165, 1.54) is 17.4 Å². The fourth-order valence-electron chi connectivity index (χ4n) is 1.60. The molecular weight excluding hydrogens is 278 g/mol. The van der Waals surface area contributed by atoms with Crippen molar-refractivity contribution in [2.45, 2.75) is 19.8 Å².